The molecule has 7 aliphatic rings. The van der Waals surface area contributed by atoms with E-state index >= 15 is 0 Å². The zero-order valence-electron chi connectivity index (χ0n) is 19.7. The molecule has 3 aliphatic carbocycles. The van der Waals surface area contributed by atoms with E-state index in [9.17, 15) is 40.7 Å². The van der Waals surface area contributed by atoms with Gasteiger partial charge in [-0.2, -0.15) is 5.26 Å². The number of nitriles is 1. The molecule has 1 aromatic rings. The van der Waals surface area contributed by atoms with Crippen molar-refractivity contribution in [1.82, 2.24) is 0 Å². The summed E-state index contributed by atoms with van der Waals surface area (Å²) in [4.78, 5) is 12.8. The van der Waals surface area contributed by atoms with Crippen molar-refractivity contribution in [1.29, 1.82) is 5.26 Å². The van der Waals surface area contributed by atoms with Gasteiger partial charge >= 0.3 is 5.97 Å². The Kier molecular flexibility index (Phi) is 5.12. The van der Waals surface area contributed by atoms with Gasteiger partial charge in [0, 0.05) is 12.3 Å². The fraction of sp³-hybridized carbons (Fsp3) is 0.667. The van der Waals surface area contributed by atoms with Crippen LogP contribution in [0.3, 0.4) is 0 Å². The van der Waals surface area contributed by atoms with Crippen molar-refractivity contribution in [2.45, 2.75) is 73.2 Å². The van der Waals surface area contributed by atoms with E-state index in [2.05, 4.69) is 0 Å². The van der Waals surface area contributed by atoms with Gasteiger partial charge in [-0.25, -0.2) is 4.79 Å². The molecule has 0 amide bonds. The third-order valence-electron chi connectivity index (χ3n) is 8.92. The summed E-state index contributed by atoms with van der Waals surface area (Å²) in [5.41, 5.74) is -4.29. The molecule has 13 nitrogen and oxygen atoms in total. The third-order valence-corrected chi connectivity index (χ3v) is 8.92. The molecule has 200 valence electrons. The van der Waals surface area contributed by atoms with Crippen LogP contribution in [0.5, 0.6) is 5.75 Å². The summed E-state index contributed by atoms with van der Waals surface area (Å²) in [6.45, 7) is 0.463. The van der Waals surface area contributed by atoms with Gasteiger partial charge in [0.15, 0.2) is 12.1 Å². The second kappa shape index (κ2) is 7.60. The molecule has 3 saturated carbocycles. The second-order valence-electron chi connectivity index (χ2n) is 10.7. The van der Waals surface area contributed by atoms with Crippen molar-refractivity contribution in [2.75, 3.05) is 13.2 Å². The van der Waals surface area contributed by atoms with Crippen molar-refractivity contribution in [3.05, 3.63) is 29.8 Å². The highest BCUT2D eigenvalue weighted by Crippen LogP contribution is 2.85. The minimum Gasteiger partial charge on any atom is -0.508 e. The van der Waals surface area contributed by atoms with Gasteiger partial charge < -0.3 is 54.3 Å². The molecule has 11 atom stereocenters. The van der Waals surface area contributed by atoms with E-state index in [4.69, 9.17) is 23.7 Å². The fourth-order valence-electron chi connectivity index (χ4n) is 7.22. The molecule has 13 heteroatoms. The molecule has 4 saturated heterocycles. The van der Waals surface area contributed by atoms with Gasteiger partial charge in [0.1, 0.15) is 59.5 Å². The molecule has 37 heavy (non-hydrogen) atoms. The maximum Gasteiger partial charge on any atom is 0.338 e. The van der Waals surface area contributed by atoms with Crippen molar-refractivity contribution >= 4 is 5.97 Å². The predicted molar refractivity (Wildman–Crippen MR) is 115 cm³/mol. The monoisotopic (exact) mass is 521 g/mol. The largest absolute Gasteiger partial charge is 0.508 e. The standard InChI is InChI=1S/C24H27NO12/c1-20-8-22(32)14-6-23(20,35-19-17(30)16(29)15(28)13(7-26)34-19)21(14,24(9-25,36-20)37-22)10-33-18(31)11-2-4-12(27)5-3-11/h2-5,13-17,19,26-30,32H,6-8,10H2,1H3/t13?,14-,15?,16?,17?,19?,20-,21+,22+,23+,24?/m0/s1. The van der Waals surface area contributed by atoms with Crippen LogP contribution in [0.1, 0.15) is 30.1 Å². The summed E-state index contributed by atoms with van der Waals surface area (Å²) in [6, 6.07) is 7.33. The van der Waals surface area contributed by atoms with Crippen LogP contribution >= 0.6 is 0 Å². The minimum atomic E-state index is -2.07. The van der Waals surface area contributed by atoms with Gasteiger partial charge in [-0.05, 0) is 37.6 Å². The van der Waals surface area contributed by atoms with Crippen LogP contribution in [0.25, 0.3) is 0 Å². The molecule has 7 fully saturated rings. The Labute approximate surface area is 210 Å². The number of aliphatic hydroxyl groups is 5. The number of phenolic OH excluding ortho intramolecular Hbond substituents is 1. The molecular weight excluding hydrogens is 494 g/mol. The van der Waals surface area contributed by atoms with E-state index in [1.54, 1.807) is 6.92 Å². The Bertz CT molecular complexity index is 1170. The maximum absolute atomic E-state index is 12.8. The van der Waals surface area contributed by atoms with Crippen LogP contribution in [0.15, 0.2) is 24.3 Å². The average Bonchev–Trinajstić information content (AvgIpc) is 3.03. The number of ether oxygens (including phenoxy) is 5. The molecular formula is C24H27NO12. The molecule has 0 spiro atoms. The molecule has 4 heterocycles. The summed E-state index contributed by atoms with van der Waals surface area (Å²) in [5, 5.41) is 71.7. The normalized spacial score (nSPS) is 50.9. The van der Waals surface area contributed by atoms with Crippen LogP contribution in [0, 0.1) is 22.7 Å². The Morgan fingerprint density at radius 1 is 1.16 bits per heavy atom. The number of rotatable bonds is 6. The maximum atomic E-state index is 12.8. The van der Waals surface area contributed by atoms with Gasteiger partial charge in [-0.3, -0.25) is 0 Å². The van der Waals surface area contributed by atoms with Gasteiger partial charge in [-0.1, -0.05) is 0 Å². The molecule has 6 unspecified atom stereocenters. The summed E-state index contributed by atoms with van der Waals surface area (Å²) in [5.74, 6) is -5.41. The fourth-order valence-corrected chi connectivity index (χ4v) is 7.22. The molecule has 1 aromatic carbocycles. The van der Waals surface area contributed by atoms with Crippen LogP contribution in [0.4, 0.5) is 0 Å². The first-order chi connectivity index (χ1) is 17.4. The number of aromatic hydroxyl groups is 1. The minimum absolute atomic E-state index is 0.0459. The topological polar surface area (TPSA) is 208 Å². The summed E-state index contributed by atoms with van der Waals surface area (Å²) in [7, 11) is 0. The Morgan fingerprint density at radius 3 is 2.51 bits per heavy atom. The highest BCUT2D eigenvalue weighted by atomic mass is 16.8. The second-order valence-corrected chi connectivity index (χ2v) is 10.7. The van der Waals surface area contributed by atoms with Crippen molar-refractivity contribution in [2.24, 2.45) is 11.3 Å². The zero-order valence-corrected chi connectivity index (χ0v) is 19.7. The van der Waals surface area contributed by atoms with E-state index in [-0.39, 0.29) is 24.2 Å². The molecule has 6 bridgehead atoms. The lowest BCUT2D eigenvalue weighted by molar-refractivity contribution is -0.427. The molecule has 0 radical (unpaired) electrons. The Hall–Kier alpha value is -2.38. The number of esters is 1. The molecule has 4 aliphatic heterocycles. The summed E-state index contributed by atoms with van der Waals surface area (Å²) in [6.07, 6.45) is -7.87. The van der Waals surface area contributed by atoms with E-state index in [1.165, 1.54) is 24.3 Å². The summed E-state index contributed by atoms with van der Waals surface area (Å²) < 4.78 is 29.5. The lowest BCUT2D eigenvalue weighted by atomic mass is 9.39. The lowest BCUT2D eigenvalue weighted by Gasteiger charge is -2.67. The number of benzene rings is 1. The number of hydrogen-bond donors (Lipinski definition) is 6. The number of hydrogen-bond acceptors (Lipinski definition) is 13. The zero-order chi connectivity index (χ0) is 26.6. The number of aliphatic hydroxyl groups excluding tert-OH is 4. The molecule has 8 rings (SSSR count). The first-order valence-corrected chi connectivity index (χ1v) is 11.9. The summed E-state index contributed by atoms with van der Waals surface area (Å²) >= 11 is 0. The van der Waals surface area contributed by atoms with Crippen LogP contribution in [0.2, 0.25) is 0 Å². The Balaban J connectivity index is 1.37. The van der Waals surface area contributed by atoms with Gasteiger partial charge in [0.2, 0.25) is 0 Å². The SMILES string of the molecule is C[C@@]12C[C@@]3(O)OC(C#N)(O1)[C@]1(COC(=O)c4ccc(O)cc4)[C@@H]3C[C@]12OC1OC(CO)C(O)C(O)C1O. The van der Waals surface area contributed by atoms with Crippen molar-refractivity contribution < 1.29 is 59.1 Å². The average molecular weight is 521 g/mol. The number of nitrogens with zero attached hydrogens (tertiary/aromatic N) is 1. The van der Waals surface area contributed by atoms with Gasteiger partial charge in [0.05, 0.1) is 12.2 Å². The lowest BCUT2D eigenvalue weighted by Crippen LogP contribution is -2.81. The van der Waals surface area contributed by atoms with Gasteiger partial charge in [0.25, 0.3) is 5.79 Å². The van der Waals surface area contributed by atoms with Crippen molar-refractivity contribution in [3.63, 3.8) is 0 Å². The molecule has 0 aromatic heterocycles. The highest BCUT2D eigenvalue weighted by molar-refractivity contribution is 5.89. The van der Waals surface area contributed by atoms with Crippen molar-refractivity contribution in [3.8, 4) is 11.8 Å². The van der Waals surface area contributed by atoms with Crippen LogP contribution in [-0.4, -0.2) is 103 Å². The highest BCUT2D eigenvalue weighted by Gasteiger charge is 3.00. The quantitative estimate of drug-likeness (QED) is 0.230. The first kappa shape index (κ1) is 24.9. The van der Waals surface area contributed by atoms with Gasteiger partial charge in [-0.15, -0.1) is 0 Å². The predicted octanol–water partition coefficient (Wildman–Crippen LogP) is -1.76. The van der Waals surface area contributed by atoms with E-state index in [0.717, 1.165) is 0 Å². The van der Waals surface area contributed by atoms with Crippen LogP contribution < -0.4 is 0 Å². The first-order valence-electron chi connectivity index (χ1n) is 11.9. The smallest absolute Gasteiger partial charge is 0.338 e. The number of phenols is 1. The van der Waals surface area contributed by atoms with Crippen LogP contribution in [-0.2, 0) is 23.7 Å². The van der Waals surface area contributed by atoms with E-state index in [0.29, 0.717) is 0 Å². The van der Waals surface area contributed by atoms with E-state index < -0.39 is 84.0 Å². The number of carbonyl (C=O) groups excluding carboxylic acids is 1. The third kappa shape index (κ3) is 2.80. The molecule has 6 N–H and O–H groups in total. The van der Waals surface area contributed by atoms with E-state index in [1.807, 2.05) is 6.07 Å². The Morgan fingerprint density at radius 2 is 1.86 bits per heavy atom. The number of carbonyl (C=O) groups is 1.